The van der Waals surface area contributed by atoms with Gasteiger partial charge in [0.15, 0.2) is 5.82 Å². The van der Waals surface area contributed by atoms with Gasteiger partial charge in [0.25, 0.3) is 0 Å². The van der Waals surface area contributed by atoms with Gasteiger partial charge >= 0.3 is 0 Å². The lowest BCUT2D eigenvalue weighted by Gasteiger charge is -2.26. The molecule has 0 aliphatic heterocycles. The molecule has 2 atom stereocenters. The molecule has 0 bridgehead atoms. The Labute approximate surface area is 115 Å². The number of aromatic nitrogens is 4. The molecule has 0 fully saturated rings. The van der Waals surface area contributed by atoms with Gasteiger partial charge in [0.2, 0.25) is 5.28 Å². The minimum absolute atomic E-state index is 0.0115. The summed E-state index contributed by atoms with van der Waals surface area (Å²) in [5.74, 6) is 0.354. The topological polar surface area (TPSA) is 86.6 Å². The zero-order valence-electron chi connectivity index (χ0n) is 10.6. The average Bonchev–Trinajstić information content (AvgIpc) is 2.27. The summed E-state index contributed by atoms with van der Waals surface area (Å²) < 4.78 is 14.6. The van der Waals surface area contributed by atoms with E-state index in [0.717, 1.165) is 0 Å². The van der Waals surface area contributed by atoms with Crippen LogP contribution in [0.1, 0.15) is 39.1 Å². The highest BCUT2D eigenvalue weighted by Crippen LogP contribution is 2.20. The molecule has 0 saturated heterocycles. The summed E-state index contributed by atoms with van der Waals surface area (Å²) in [6.07, 6.45) is 2.21. The molecule has 1 aromatic heterocycles. The number of rotatable bonds is 5. The second-order valence-corrected chi connectivity index (χ2v) is 6.94. The van der Waals surface area contributed by atoms with Gasteiger partial charge in [0.05, 0.1) is 0 Å². The lowest BCUT2D eigenvalue weighted by atomic mass is 10.2. The van der Waals surface area contributed by atoms with E-state index in [1.807, 2.05) is 20.8 Å². The Morgan fingerprint density at radius 2 is 2.17 bits per heavy atom. The molecule has 0 saturated carbocycles. The average molecular weight is 290 g/mol. The standard InChI is InChI=1S/C10H16ClN5OS/c1-5-6-7(15-18(17)10(2,3)4)8-12-9(11)14-16-13-8/h5,7,15H,1,6H2,2-4H3/t7-,18?/m0/s1. The highest BCUT2D eigenvalue weighted by Gasteiger charge is 2.30. The Bertz CT molecular complexity index is 411. The molecule has 0 aliphatic rings. The summed E-state index contributed by atoms with van der Waals surface area (Å²) in [6.45, 7) is 9.28. The summed E-state index contributed by atoms with van der Waals surface area (Å²) in [5, 5.41) is 10.8. The first-order chi connectivity index (χ1) is 8.34. The molecule has 0 aromatic carbocycles. The smallest absolute Gasteiger partial charge is 0.246 e. The molecule has 0 radical (unpaired) electrons. The van der Waals surface area contributed by atoms with Crippen LogP contribution in [-0.2, 0) is 11.4 Å². The highest BCUT2D eigenvalue weighted by molar-refractivity contribution is 7.90. The molecule has 1 rings (SSSR count). The molecule has 6 nitrogen and oxygen atoms in total. The molecule has 1 aromatic rings. The van der Waals surface area contributed by atoms with Crippen LogP contribution in [0, 0.1) is 0 Å². The molecule has 1 N–H and O–H groups in total. The number of nitrogens with zero attached hydrogens (tertiary/aromatic N) is 4. The first-order valence-corrected chi connectivity index (χ1v) is 6.89. The highest BCUT2D eigenvalue weighted by atomic mass is 35.5. The van der Waals surface area contributed by atoms with Crippen molar-refractivity contribution in [2.75, 3.05) is 0 Å². The summed E-state index contributed by atoms with van der Waals surface area (Å²) in [7, 11) is 0. The first kappa shape index (κ1) is 15.3. The molecule has 8 heteroatoms. The van der Waals surface area contributed by atoms with Crippen LogP contribution in [0.3, 0.4) is 0 Å². The Morgan fingerprint density at radius 3 is 2.67 bits per heavy atom. The molecule has 100 valence electrons. The van der Waals surface area contributed by atoms with Crippen molar-refractivity contribution in [1.29, 1.82) is 0 Å². The maximum absolute atomic E-state index is 12.0. The summed E-state index contributed by atoms with van der Waals surface area (Å²) in [6, 6.07) is -0.351. The van der Waals surface area contributed by atoms with Crippen molar-refractivity contribution >= 4 is 23.0 Å². The summed E-state index contributed by atoms with van der Waals surface area (Å²) >= 11 is 4.42. The monoisotopic (exact) mass is 289 g/mol. The number of nitrogens with one attached hydrogen (secondary N) is 1. The molecule has 1 heterocycles. The van der Waals surface area contributed by atoms with Gasteiger partial charge in [-0.3, -0.25) is 0 Å². The molecule has 18 heavy (non-hydrogen) atoms. The van der Waals surface area contributed by atoms with Gasteiger partial charge in [-0.2, -0.15) is 4.98 Å². The van der Waals surface area contributed by atoms with Gasteiger partial charge in [-0.25, -0.2) is 0 Å². The van der Waals surface area contributed by atoms with Crippen molar-refractivity contribution < 1.29 is 4.55 Å². The van der Waals surface area contributed by atoms with Gasteiger partial charge in [-0.05, 0) is 44.0 Å². The Hall–Kier alpha value is -0.760. The zero-order valence-corrected chi connectivity index (χ0v) is 12.1. The van der Waals surface area contributed by atoms with Crippen molar-refractivity contribution in [3.63, 3.8) is 0 Å². The fourth-order valence-corrected chi connectivity index (χ4v) is 2.00. The van der Waals surface area contributed by atoms with Crippen molar-refractivity contribution in [1.82, 2.24) is 25.1 Å². The van der Waals surface area contributed by atoms with Crippen LogP contribution in [0.25, 0.3) is 0 Å². The second-order valence-electron chi connectivity index (χ2n) is 4.60. The predicted octanol–water partition coefficient (Wildman–Crippen LogP) is 1.59. The minimum atomic E-state index is -1.25. The second kappa shape index (κ2) is 6.42. The van der Waals surface area contributed by atoms with Crippen molar-refractivity contribution in [3.8, 4) is 0 Å². The van der Waals surface area contributed by atoms with Crippen LogP contribution in [0.2, 0.25) is 5.28 Å². The van der Waals surface area contributed by atoms with E-state index >= 15 is 0 Å². The van der Waals surface area contributed by atoms with E-state index in [1.165, 1.54) is 0 Å². The van der Waals surface area contributed by atoms with E-state index in [1.54, 1.807) is 6.08 Å². The van der Waals surface area contributed by atoms with Crippen LogP contribution in [0.5, 0.6) is 0 Å². The number of halogens is 1. The maximum Gasteiger partial charge on any atom is 0.246 e. The Morgan fingerprint density at radius 1 is 1.50 bits per heavy atom. The van der Waals surface area contributed by atoms with E-state index in [0.29, 0.717) is 12.2 Å². The normalized spacial score (nSPS) is 15.2. The quantitative estimate of drug-likeness (QED) is 0.654. The third kappa shape index (κ3) is 4.49. The molecular weight excluding hydrogens is 274 g/mol. The van der Waals surface area contributed by atoms with Crippen molar-refractivity contribution in [2.24, 2.45) is 0 Å². The van der Waals surface area contributed by atoms with Crippen LogP contribution < -0.4 is 4.72 Å². The Balaban J connectivity index is 2.86. The maximum atomic E-state index is 12.0. The number of hydrogen-bond donors (Lipinski definition) is 1. The number of hydrogen-bond acceptors (Lipinski definition) is 6. The lowest BCUT2D eigenvalue weighted by molar-refractivity contribution is 0.511. The van der Waals surface area contributed by atoms with Gasteiger partial charge in [-0.15, -0.1) is 16.4 Å². The Kier molecular flexibility index (Phi) is 5.46. The van der Waals surface area contributed by atoms with Gasteiger partial charge in [0, 0.05) is 11.4 Å². The molecule has 0 aliphatic carbocycles. The molecular formula is C10H16ClN5OS. The van der Waals surface area contributed by atoms with Gasteiger partial charge < -0.3 is 4.55 Å². The molecule has 0 spiro atoms. The predicted molar refractivity (Wildman–Crippen MR) is 71.2 cm³/mol. The van der Waals surface area contributed by atoms with E-state index in [-0.39, 0.29) is 16.1 Å². The summed E-state index contributed by atoms with van der Waals surface area (Å²) in [4.78, 5) is 3.96. The lowest BCUT2D eigenvalue weighted by Crippen LogP contribution is -2.41. The van der Waals surface area contributed by atoms with Crippen molar-refractivity contribution in [3.05, 3.63) is 23.8 Å². The largest absolute Gasteiger partial charge is 0.598 e. The SMILES string of the molecule is C=CC[C@H](N[S+]([O-])C(C)(C)C)c1nnnc(Cl)n1. The summed E-state index contributed by atoms with van der Waals surface area (Å²) in [5.41, 5.74) is 0. The van der Waals surface area contributed by atoms with Crippen molar-refractivity contribution in [2.45, 2.75) is 38.0 Å². The fraction of sp³-hybridized carbons (Fsp3) is 0.600. The fourth-order valence-electron chi connectivity index (χ4n) is 1.07. The molecule has 0 amide bonds. The van der Waals surface area contributed by atoms with E-state index in [9.17, 15) is 4.55 Å². The van der Waals surface area contributed by atoms with Gasteiger partial charge in [0.1, 0.15) is 10.8 Å². The third-order valence-corrected chi connectivity index (χ3v) is 3.77. The van der Waals surface area contributed by atoms with Crippen LogP contribution >= 0.6 is 11.6 Å². The van der Waals surface area contributed by atoms with E-state index in [2.05, 4.69) is 31.7 Å². The van der Waals surface area contributed by atoms with E-state index in [4.69, 9.17) is 11.6 Å². The van der Waals surface area contributed by atoms with Crippen LogP contribution in [0.4, 0.5) is 0 Å². The zero-order chi connectivity index (χ0) is 13.8. The third-order valence-electron chi connectivity index (χ3n) is 2.00. The minimum Gasteiger partial charge on any atom is -0.598 e. The van der Waals surface area contributed by atoms with E-state index < -0.39 is 11.4 Å². The van der Waals surface area contributed by atoms with Crippen LogP contribution in [-0.4, -0.2) is 29.7 Å². The van der Waals surface area contributed by atoms with Gasteiger partial charge in [-0.1, -0.05) is 11.2 Å². The molecule has 1 unspecified atom stereocenters. The first-order valence-electron chi connectivity index (χ1n) is 5.36. The van der Waals surface area contributed by atoms with Crippen LogP contribution in [0.15, 0.2) is 12.7 Å².